The van der Waals surface area contributed by atoms with Crippen LogP contribution < -0.4 is 9.64 Å². The molecular weight excluding hydrogens is 392 g/mol. The van der Waals surface area contributed by atoms with Gasteiger partial charge in [0, 0.05) is 26.2 Å². The van der Waals surface area contributed by atoms with Gasteiger partial charge in [-0.2, -0.15) is 4.31 Å². The third kappa shape index (κ3) is 3.83. The Morgan fingerprint density at radius 2 is 1.83 bits per heavy atom. The first-order valence-electron chi connectivity index (χ1n) is 9.26. The molecule has 1 fully saturated rings. The summed E-state index contributed by atoms with van der Waals surface area (Å²) in [5.41, 5.74) is 1.61. The van der Waals surface area contributed by atoms with Crippen molar-refractivity contribution >= 4 is 15.8 Å². The summed E-state index contributed by atoms with van der Waals surface area (Å²) in [5, 5.41) is 8.48. The van der Waals surface area contributed by atoms with Crippen LogP contribution in [-0.2, 0) is 10.0 Å². The second-order valence-corrected chi connectivity index (χ2v) is 8.71. The minimum absolute atomic E-state index is 0.196. The Hall–Kier alpha value is -2.91. The van der Waals surface area contributed by atoms with Gasteiger partial charge in [-0.25, -0.2) is 8.42 Å². The van der Waals surface area contributed by atoms with Crippen LogP contribution in [0, 0.1) is 6.92 Å². The van der Waals surface area contributed by atoms with E-state index in [2.05, 4.69) is 10.2 Å². The third-order valence-corrected chi connectivity index (χ3v) is 6.86. The van der Waals surface area contributed by atoms with Crippen molar-refractivity contribution in [1.29, 1.82) is 0 Å². The van der Waals surface area contributed by atoms with Crippen LogP contribution in [0.15, 0.2) is 58.0 Å². The molecule has 3 aromatic rings. The van der Waals surface area contributed by atoms with Crippen molar-refractivity contribution in [3.8, 4) is 17.2 Å². The van der Waals surface area contributed by atoms with Crippen molar-refractivity contribution < 1.29 is 17.6 Å². The quantitative estimate of drug-likeness (QED) is 0.634. The van der Waals surface area contributed by atoms with Crippen molar-refractivity contribution in [3.05, 3.63) is 54.3 Å². The number of hydrogen-bond donors (Lipinski definition) is 0. The normalized spacial score (nSPS) is 15.4. The van der Waals surface area contributed by atoms with Crippen molar-refractivity contribution in [2.45, 2.75) is 11.8 Å². The van der Waals surface area contributed by atoms with Crippen molar-refractivity contribution in [2.24, 2.45) is 0 Å². The molecule has 0 aliphatic carbocycles. The largest absolute Gasteiger partial charge is 0.495 e. The summed E-state index contributed by atoms with van der Waals surface area (Å²) in [7, 11) is -2.15. The molecule has 1 saturated heterocycles. The predicted molar refractivity (Wildman–Crippen MR) is 108 cm³/mol. The van der Waals surface area contributed by atoms with Crippen LogP contribution in [0.2, 0.25) is 0 Å². The molecule has 0 bridgehead atoms. The number of piperazine rings is 1. The zero-order valence-electron chi connectivity index (χ0n) is 16.3. The summed E-state index contributed by atoms with van der Waals surface area (Å²) < 4.78 is 38.3. The zero-order valence-corrected chi connectivity index (χ0v) is 17.1. The van der Waals surface area contributed by atoms with E-state index >= 15 is 0 Å². The van der Waals surface area contributed by atoms with Crippen LogP contribution in [0.5, 0.6) is 5.75 Å². The fourth-order valence-corrected chi connectivity index (χ4v) is 4.89. The topological polar surface area (TPSA) is 88.8 Å². The summed E-state index contributed by atoms with van der Waals surface area (Å²) in [6.45, 7) is 3.68. The maximum atomic E-state index is 13.1. The number of ether oxygens (including phenoxy) is 1. The molecule has 8 nitrogen and oxygen atoms in total. The van der Waals surface area contributed by atoms with Gasteiger partial charge in [-0.3, -0.25) is 0 Å². The lowest BCUT2D eigenvalue weighted by Gasteiger charge is -2.34. The van der Waals surface area contributed by atoms with Gasteiger partial charge in [-0.05, 0) is 48.9 Å². The highest BCUT2D eigenvalue weighted by Gasteiger charge is 2.31. The van der Waals surface area contributed by atoms with E-state index < -0.39 is 10.0 Å². The Bertz CT molecular complexity index is 1070. The SMILES string of the molecule is COc1cc(C)ccc1S(=O)(=O)N1CCN(c2ccc(-c3ccco3)nn2)CC1. The van der Waals surface area contributed by atoms with Crippen molar-refractivity contribution in [3.63, 3.8) is 0 Å². The number of nitrogens with zero attached hydrogens (tertiary/aromatic N) is 4. The molecule has 29 heavy (non-hydrogen) atoms. The number of sulfonamides is 1. The van der Waals surface area contributed by atoms with Gasteiger partial charge < -0.3 is 14.1 Å². The molecule has 4 rings (SSSR count). The Kier molecular flexibility index (Phi) is 5.25. The molecular formula is C20H22N4O4S. The summed E-state index contributed by atoms with van der Waals surface area (Å²) in [6.07, 6.45) is 1.59. The average Bonchev–Trinajstić information content (AvgIpc) is 3.28. The lowest BCUT2D eigenvalue weighted by atomic mass is 10.2. The summed E-state index contributed by atoms with van der Waals surface area (Å²) in [4.78, 5) is 2.22. The molecule has 1 aromatic carbocycles. The van der Waals surface area contributed by atoms with Gasteiger partial charge in [0.05, 0.1) is 13.4 Å². The van der Waals surface area contributed by atoms with Crippen LogP contribution in [0.3, 0.4) is 0 Å². The van der Waals surface area contributed by atoms with Gasteiger partial charge in [-0.15, -0.1) is 10.2 Å². The minimum atomic E-state index is -3.63. The maximum absolute atomic E-state index is 13.1. The van der Waals surface area contributed by atoms with Crippen molar-refractivity contribution in [2.75, 3.05) is 38.2 Å². The molecule has 3 heterocycles. The molecule has 0 unspecified atom stereocenters. The lowest BCUT2D eigenvalue weighted by molar-refractivity contribution is 0.373. The molecule has 9 heteroatoms. The van der Waals surface area contributed by atoms with Crippen LogP contribution in [0.4, 0.5) is 5.82 Å². The summed E-state index contributed by atoms with van der Waals surface area (Å²) >= 11 is 0. The number of methoxy groups -OCH3 is 1. The Morgan fingerprint density at radius 3 is 2.45 bits per heavy atom. The number of aromatic nitrogens is 2. The highest BCUT2D eigenvalue weighted by atomic mass is 32.2. The van der Waals surface area contributed by atoms with Crippen molar-refractivity contribution in [1.82, 2.24) is 14.5 Å². The van der Waals surface area contributed by atoms with E-state index in [1.807, 2.05) is 30.0 Å². The molecule has 0 saturated carbocycles. The standard InChI is InChI=1S/C20H22N4O4S/c1-15-5-7-19(18(14-15)27-2)29(25,26)24-11-9-23(10-12-24)20-8-6-16(21-22-20)17-4-3-13-28-17/h3-8,13-14H,9-12H2,1-2H3. The molecule has 1 aliphatic rings. The second kappa shape index (κ2) is 7.84. The third-order valence-electron chi connectivity index (χ3n) is 4.92. The predicted octanol–water partition coefficient (Wildman–Crippen LogP) is 2.56. The minimum Gasteiger partial charge on any atom is -0.495 e. The lowest BCUT2D eigenvalue weighted by Crippen LogP contribution is -2.49. The number of benzene rings is 1. The first kappa shape index (κ1) is 19.4. The van der Waals surface area contributed by atoms with Crippen LogP contribution in [0.25, 0.3) is 11.5 Å². The van der Waals surface area contributed by atoms with E-state index in [1.165, 1.54) is 11.4 Å². The Labute approximate surface area is 169 Å². The number of anilines is 1. The molecule has 0 N–H and O–H groups in total. The van der Waals surface area contributed by atoms with E-state index in [0.717, 1.165) is 5.56 Å². The number of rotatable bonds is 5. The highest BCUT2D eigenvalue weighted by Crippen LogP contribution is 2.29. The van der Waals surface area contributed by atoms with E-state index in [-0.39, 0.29) is 4.90 Å². The molecule has 2 aromatic heterocycles. The highest BCUT2D eigenvalue weighted by molar-refractivity contribution is 7.89. The molecule has 0 radical (unpaired) electrons. The van der Waals surface area contributed by atoms with E-state index in [1.54, 1.807) is 30.5 Å². The number of furan rings is 1. The molecule has 152 valence electrons. The second-order valence-electron chi connectivity index (χ2n) is 6.80. The fourth-order valence-electron chi connectivity index (χ4n) is 3.33. The molecule has 0 amide bonds. The van der Waals surface area contributed by atoms with Gasteiger partial charge in [-0.1, -0.05) is 6.07 Å². The van der Waals surface area contributed by atoms with Gasteiger partial charge in [0.25, 0.3) is 0 Å². The van der Waals surface area contributed by atoms with Gasteiger partial charge in [0.2, 0.25) is 10.0 Å². The molecule has 0 spiro atoms. The van der Waals surface area contributed by atoms with Gasteiger partial charge in [0.15, 0.2) is 11.6 Å². The smallest absolute Gasteiger partial charge is 0.246 e. The van der Waals surface area contributed by atoms with Crippen LogP contribution in [0.1, 0.15) is 5.56 Å². The monoisotopic (exact) mass is 414 g/mol. The van der Waals surface area contributed by atoms with Gasteiger partial charge >= 0.3 is 0 Å². The fraction of sp³-hybridized carbons (Fsp3) is 0.300. The summed E-state index contributed by atoms with van der Waals surface area (Å²) in [5.74, 6) is 1.74. The number of hydrogen-bond acceptors (Lipinski definition) is 7. The first-order chi connectivity index (χ1) is 14.0. The van der Waals surface area contributed by atoms with Crippen LogP contribution >= 0.6 is 0 Å². The first-order valence-corrected chi connectivity index (χ1v) is 10.7. The zero-order chi connectivity index (χ0) is 20.4. The summed E-state index contributed by atoms with van der Waals surface area (Å²) in [6, 6.07) is 12.5. The van der Waals surface area contributed by atoms with Gasteiger partial charge in [0.1, 0.15) is 16.3 Å². The Balaban J connectivity index is 1.46. The molecule has 0 atom stereocenters. The number of aryl methyl sites for hydroxylation is 1. The van der Waals surface area contributed by atoms with E-state index in [9.17, 15) is 8.42 Å². The van der Waals surface area contributed by atoms with E-state index in [4.69, 9.17) is 9.15 Å². The average molecular weight is 414 g/mol. The Morgan fingerprint density at radius 1 is 1.03 bits per heavy atom. The molecule has 1 aliphatic heterocycles. The van der Waals surface area contributed by atoms with E-state index in [0.29, 0.717) is 49.2 Å². The maximum Gasteiger partial charge on any atom is 0.246 e. The van der Waals surface area contributed by atoms with Crippen LogP contribution in [-0.4, -0.2) is 56.2 Å².